The largest absolute Gasteiger partial charge is 0.482 e. The second kappa shape index (κ2) is 8.35. The minimum atomic E-state index is -0.978. The molecule has 1 aliphatic heterocycles. The van der Waals surface area contributed by atoms with E-state index in [1.165, 1.54) is 5.69 Å². The number of carboxylic acids is 1. The Morgan fingerprint density at radius 3 is 2.12 bits per heavy atom. The first-order chi connectivity index (χ1) is 12.2. The molecule has 0 aliphatic carbocycles. The SMILES string of the molecule is O=C(O)COc1ccc(C=Cc2ccc(N3CCNCC3)cc2)cc1. The van der Waals surface area contributed by atoms with Crippen LogP contribution in [0, 0.1) is 0 Å². The normalized spacial score (nSPS) is 14.6. The van der Waals surface area contributed by atoms with Gasteiger partial charge in [0.25, 0.3) is 0 Å². The third-order valence-corrected chi connectivity index (χ3v) is 4.09. The van der Waals surface area contributed by atoms with E-state index in [9.17, 15) is 4.79 Å². The number of benzene rings is 2. The molecule has 130 valence electrons. The van der Waals surface area contributed by atoms with E-state index < -0.39 is 5.97 Å². The molecule has 0 atom stereocenters. The molecule has 1 aliphatic rings. The Labute approximate surface area is 147 Å². The summed E-state index contributed by atoms with van der Waals surface area (Å²) in [7, 11) is 0. The van der Waals surface area contributed by atoms with Crippen LogP contribution in [0.5, 0.6) is 5.75 Å². The van der Waals surface area contributed by atoms with Gasteiger partial charge in [0.15, 0.2) is 6.61 Å². The summed E-state index contributed by atoms with van der Waals surface area (Å²) in [5, 5.41) is 12.0. The Bertz CT molecular complexity index is 718. The van der Waals surface area contributed by atoms with Crippen molar-refractivity contribution in [2.75, 3.05) is 37.7 Å². The van der Waals surface area contributed by atoms with Gasteiger partial charge in [-0.25, -0.2) is 4.79 Å². The van der Waals surface area contributed by atoms with Crippen LogP contribution in [0.3, 0.4) is 0 Å². The molecule has 0 saturated carbocycles. The zero-order chi connectivity index (χ0) is 17.5. The summed E-state index contributed by atoms with van der Waals surface area (Å²) >= 11 is 0. The minimum Gasteiger partial charge on any atom is -0.482 e. The van der Waals surface area contributed by atoms with Gasteiger partial charge in [0.05, 0.1) is 0 Å². The maximum absolute atomic E-state index is 10.5. The predicted octanol–water partition coefficient (Wildman–Crippen LogP) is 2.73. The molecule has 2 aromatic carbocycles. The smallest absolute Gasteiger partial charge is 0.341 e. The zero-order valence-electron chi connectivity index (χ0n) is 14.0. The molecule has 3 rings (SSSR count). The lowest BCUT2D eigenvalue weighted by Crippen LogP contribution is -2.43. The number of hydrogen-bond donors (Lipinski definition) is 2. The van der Waals surface area contributed by atoms with Gasteiger partial charge in [0.2, 0.25) is 0 Å². The first-order valence-corrected chi connectivity index (χ1v) is 8.39. The molecule has 0 unspecified atom stereocenters. The van der Waals surface area contributed by atoms with Gasteiger partial charge in [-0.05, 0) is 35.4 Å². The number of carbonyl (C=O) groups is 1. The fourth-order valence-corrected chi connectivity index (χ4v) is 2.73. The van der Waals surface area contributed by atoms with E-state index in [1.54, 1.807) is 12.1 Å². The molecule has 2 aromatic rings. The molecule has 1 saturated heterocycles. The van der Waals surface area contributed by atoms with Crippen molar-refractivity contribution in [3.05, 3.63) is 59.7 Å². The average Bonchev–Trinajstić information content (AvgIpc) is 2.66. The lowest BCUT2D eigenvalue weighted by molar-refractivity contribution is -0.139. The number of ether oxygens (including phenoxy) is 1. The number of hydrogen-bond acceptors (Lipinski definition) is 4. The van der Waals surface area contributed by atoms with Crippen molar-refractivity contribution in [2.45, 2.75) is 0 Å². The van der Waals surface area contributed by atoms with Gasteiger partial charge in [-0.2, -0.15) is 0 Å². The van der Waals surface area contributed by atoms with Crippen LogP contribution in [-0.4, -0.2) is 43.9 Å². The molecular formula is C20H22N2O3. The van der Waals surface area contributed by atoms with E-state index in [4.69, 9.17) is 9.84 Å². The number of carboxylic acid groups (broad SMARTS) is 1. The highest BCUT2D eigenvalue weighted by Crippen LogP contribution is 2.18. The van der Waals surface area contributed by atoms with Gasteiger partial charge in [-0.15, -0.1) is 0 Å². The Morgan fingerprint density at radius 1 is 1.00 bits per heavy atom. The van der Waals surface area contributed by atoms with E-state index >= 15 is 0 Å². The van der Waals surface area contributed by atoms with Gasteiger partial charge in [-0.3, -0.25) is 0 Å². The topological polar surface area (TPSA) is 61.8 Å². The lowest BCUT2D eigenvalue weighted by atomic mass is 10.1. The van der Waals surface area contributed by atoms with Crippen molar-refractivity contribution in [3.8, 4) is 5.75 Å². The standard InChI is InChI=1S/C20H22N2O3/c23-20(24)15-25-19-9-5-17(6-10-19)2-1-16-3-7-18(8-4-16)22-13-11-21-12-14-22/h1-10,21H,11-15H2,(H,23,24). The van der Waals surface area contributed by atoms with Crippen LogP contribution >= 0.6 is 0 Å². The summed E-state index contributed by atoms with van der Waals surface area (Å²) in [6.07, 6.45) is 4.09. The maximum atomic E-state index is 10.5. The van der Waals surface area contributed by atoms with Crippen LogP contribution in [0.25, 0.3) is 12.2 Å². The van der Waals surface area contributed by atoms with E-state index in [-0.39, 0.29) is 6.61 Å². The third kappa shape index (κ3) is 5.09. The highest BCUT2D eigenvalue weighted by Gasteiger charge is 2.09. The van der Waals surface area contributed by atoms with E-state index in [2.05, 4.69) is 40.6 Å². The second-order valence-electron chi connectivity index (χ2n) is 5.91. The summed E-state index contributed by atoms with van der Waals surface area (Å²) in [5.74, 6) is -0.423. The van der Waals surface area contributed by atoms with Crippen LogP contribution in [0.2, 0.25) is 0 Å². The molecule has 5 nitrogen and oxygen atoms in total. The second-order valence-corrected chi connectivity index (χ2v) is 5.91. The van der Waals surface area contributed by atoms with Gasteiger partial charge in [0.1, 0.15) is 5.75 Å². The summed E-state index contributed by atoms with van der Waals surface area (Å²) in [6.45, 7) is 3.84. The first-order valence-electron chi connectivity index (χ1n) is 8.39. The molecule has 1 fully saturated rings. The number of nitrogens with one attached hydrogen (secondary N) is 1. The Kier molecular flexibility index (Phi) is 5.69. The zero-order valence-corrected chi connectivity index (χ0v) is 14.0. The van der Waals surface area contributed by atoms with Crippen LogP contribution in [0.1, 0.15) is 11.1 Å². The molecular weight excluding hydrogens is 316 g/mol. The first kappa shape index (κ1) is 17.0. The van der Waals surface area contributed by atoms with E-state index in [1.807, 2.05) is 18.2 Å². The summed E-state index contributed by atoms with van der Waals surface area (Å²) < 4.78 is 5.12. The Morgan fingerprint density at radius 2 is 1.56 bits per heavy atom. The number of rotatable bonds is 6. The van der Waals surface area contributed by atoms with Crippen LogP contribution in [-0.2, 0) is 4.79 Å². The Balaban J connectivity index is 1.58. The molecule has 0 amide bonds. The monoisotopic (exact) mass is 338 g/mol. The molecule has 0 aromatic heterocycles. The predicted molar refractivity (Wildman–Crippen MR) is 100 cm³/mol. The minimum absolute atomic E-state index is 0.325. The summed E-state index contributed by atoms with van der Waals surface area (Å²) in [4.78, 5) is 12.9. The molecule has 5 heteroatoms. The van der Waals surface area contributed by atoms with Gasteiger partial charge >= 0.3 is 5.97 Å². The molecule has 0 spiro atoms. The van der Waals surface area contributed by atoms with Crippen molar-refractivity contribution >= 4 is 23.8 Å². The number of nitrogens with zero attached hydrogens (tertiary/aromatic N) is 1. The number of piperazine rings is 1. The van der Waals surface area contributed by atoms with Crippen LogP contribution in [0.4, 0.5) is 5.69 Å². The molecule has 0 bridgehead atoms. The van der Waals surface area contributed by atoms with Crippen molar-refractivity contribution in [2.24, 2.45) is 0 Å². The van der Waals surface area contributed by atoms with Crippen molar-refractivity contribution in [3.63, 3.8) is 0 Å². The van der Waals surface area contributed by atoms with Gasteiger partial charge in [-0.1, -0.05) is 36.4 Å². The number of aliphatic carboxylic acids is 1. The highest BCUT2D eigenvalue weighted by molar-refractivity contribution is 5.71. The van der Waals surface area contributed by atoms with Gasteiger partial charge < -0.3 is 20.1 Å². The molecule has 1 heterocycles. The fourth-order valence-electron chi connectivity index (χ4n) is 2.73. The highest BCUT2D eigenvalue weighted by atomic mass is 16.5. The van der Waals surface area contributed by atoms with Crippen LogP contribution < -0.4 is 15.0 Å². The van der Waals surface area contributed by atoms with Crippen molar-refractivity contribution in [1.29, 1.82) is 0 Å². The summed E-state index contributed by atoms with van der Waals surface area (Å²) in [6, 6.07) is 15.9. The van der Waals surface area contributed by atoms with Crippen molar-refractivity contribution < 1.29 is 14.6 Å². The average molecular weight is 338 g/mol. The van der Waals surface area contributed by atoms with Gasteiger partial charge in [0, 0.05) is 31.9 Å². The quantitative estimate of drug-likeness (QED) is 0.793. The molecule has 2 N–H and O–H groups in total. The van der Waals surface area contributed by atoms with Crippen LogP contribution in [0.15, 0.2) is 48.5 Å². The lowest BCUT2D eigenvalue weighted by Gasteiger charge is -2.29. The summed E-state index contributed by atoms with van der Waals surface area (Å²) in [5.41, 5.74) is 3.44. The van der Waals surface area contributed by atoms with E-state index in [0.29, 0.717) is 5.75 Å². The fraction of sp³-hybridized carbons (Fsp3) is 0.250. The maximum Gasteiger partial charge on any atom is 0.341 e. The third-order valence-electron chi connectivity index (χ3n) is 4.09. The molecule has 25 heavy (non-hydrogen) atoms. The van der Waals surface area contributed by atoms with E-state index in [0.717, 1.165) is 37.3 Å². The number of anilines is 1. The van der Waals surface area contributed by atoms with Crippen molar-refractivity contribution in [1.82, 2.24) is 5.32 Å². The Hall–Kier alpha value is -2.79. The molecule has 0 radical (unpaired) electrons.